The van der Waals surface area contributed by atoms with Crippen molar-refractivity contribution in [1.82, 2.24) is 30.4 Å². The summed E-state index contributed by atoms with van der Waals surface area (Å²) in [5.41, 5.74) is -1.15. The van der Waals surface area contributed by atoms with Gasteiger partial charge < -0.3 is 15.0 Å². The van der Waals surface area contributed by atoms with E-state index in [1.54, 1.807) is 0 Å². The van der Waals surface area contributed by atoms with Crippen molar-refractivity contribution < 1.29 is 19.1 Å². The van der Waals surface area contributed by atoms with Crippen LogP contribution >= 0.6 is 62.5 Å². The molecular weight excluding hydrogens is 535 g/mol. The van der Waals surface area contributed by atoms with E-state index in [9.17, 15) is 14.4 Å². The molecule has 1 N–H and O–H groups in total. The van der Waals surface area contributed by atoms with Gasteiger partial charge in [0.15, 0.2) is 5.54 Å². The Morgan fingerprint density at radius 1 is 1.52 bits per heavy atom. The molecule has 2 saturated heterocycles. The van der Waals surface area contributed by atoms with Crippen LogP contribution in [0.4, 0.5) is 0 Å². The molecular formula is C14H16BrCl3N6O4S. The van der Waals surface area contributed by atoms with Crippen LogP contribution in [0.2, 0.25) is 0 Å². The molecule has 0 aliphatic carbocycles. The van der Waals surface area contributed by atoms with E-state index in [1.807, 2.05) is 6.92 Å². The van der Waals surface area contributed by atoms with Gasteiger partial charge in [0, 0.05) is 10.6 Å². The van der Waals surface area contributed by atoms with Crippen molar-refractivity contribution in [1.29, 1.82) is 0 Å². The summed E-state index contributed by atoms with van der Waals surface area (Å²) in [6.45, 7) is 1.32. The van der Waals surface area contributed by atoms with Crippen LogP contribution < -0.4 is 5.32 Å². The zero-order valence-electron chi connectivity index (χ0n) is 14.9. The molecule has 4 atom stereocenters. The number of halogens is 4. The lowest BCUT2D eigenvalue weighted by Crippen LogP contribution is -2.80. The van der Waals surface area contributed by atoms with E-state index in [-0.39, 0.29) is 17.3 Å². The second kappa shape index (κ2) is 8.74. The third kappa shape index (κ3) is 4.92. The predicted molar refractivity (Wildman–Crippen MR) is 110 cm³/mol. The SMILES string of the molecule is CC(Br)CC1(NC(=O)Cn2cnnn2)C(=O)N2C(C(=O)OCC(Cl)(Cl)Cl)CS[C@H]21. The van der Waals surface area contributed by atoms with Crippen LogP contribution in [-0.4, -0.2) is 80.8 Å². The maximum absolute atomic E-state index is 13.1. The second-order valence-corrected chi connectivity index (χ2v) is 11.8. The topological polar surface area (TPSA) is 119 Å². The third-order valence-corrected chi connectivity index (χ3v) is 6.46. The zero-order chi connectivity index (χ0) is 21.4. The highest BCUT2D eigenvalue weighted by Gasteiger charge is 2.67. The molecule has 0 bridgehead atoms. The first-order chi connectivity index (χ1) is 13.5. The standard InChI is InChI=1S/C14H16BrCl3N6O4S/c1-7(15)2-13(20-9(25)3-23-6-19-21-22-23)11(27)24-8(4-29-12(13)24)10(26)28-5-14(16,17)18/h6-8,12H,2-5H2,1H3,(H,20,25)/t7?,8?,12-,13?/m0/s1. The monoisotopic (exact) mass is 548 g/mol. The van der Waals surface area contributed by atoms with E-state index in [2.05, 4.69) is 36.8 Å². The average molecular weight is 551 g/mol. The Balaban J connectivity index is 1.71. The molecule has 0 aromatic carbocycles. The number of nitrogens with one attached hydrogen (secondary N) is 1. The molecule has 3 rings (SSSR count). The highest BCUT2D eigenvalue weighted by atomic mass is 79.9. The van der Waals surface area contributed by atoms with E-state index in [1.165, 1.54) is 27.7 Å². The Kier molecular flexibility index (Phi) is 6.88. The molecule has 15 heteroatoms. The molecule has 2 aliphatic heterocycles. The Morgan fingerprint density at radius 2 is 2.24 bits per heavy atom. The predicted octanol–water partition coefficient (Wildman–Crippen LogP) is 0.899. The number of carbonyl (C=O) groups is 3. The fraction of sp³-hybridized carbons (Fsp3) is 0.714. The number of esters is 1. The molecule has 1 aromatic rings. The van der Waals surface area contributed by atoms with Gasteiger partial charge in [-0.15, -0.1) is 16.9 Å². The number of carbonyl (C=O) groups excluding carboxylic acids is 3. The van der Waals surface area contributed by atoms with E-state index >= 15 is 0 Å². The van der Waals surface area contributed by atoms with Crippen LogP contribution in [0.15, 0.2) is 6.33 Å². The van der Waals surface area contributed by atoms with E-state index in [0.717, 1.165) is 0 Å². The number of ether oxygens (including phenoxy) is 1. The van der Waals surface area contributed by atoms with Gasteiger partial charge in [0.2, 0.25) is 9.70 Å². The molecule has 2 aliphatic rings. The number of β-lactam (4-membered cyclic amide) rings is 1. The van der Waals surface area contributed by atoms with Gasteiger partial charge in [0.05, 0.1) is 0 Å². The highest BCUT2D eigenvalue weighted by molar-refractivity contribution is 9.09. The van der Waals surface area contributed by atoms with Crippen molar-refractivity contribution in [2.24, 2.45) is 0 Å². The largest absolute Gasteiger partial charge is 0.460 e. The first-order valence-corrected chi connectivity index (χ1v) is 11.5. The lowest BCUT2D eigenvalue weighted by Gasteiger charge is -2.54. The highest BCUT2D eigenvalue weighted by Crippen LogP contribution is 2.49. The Morgan fingerprint density at radius 3 is 2.83 bits per heavy atom. The smallest absolute Gasteiger partial charge is 0.329 e. The molecule has 29 heavy (non-hydrogen) atoms. The molecule has 0 radical (unpaired) electrons. The number of hydrogen-bond acceptors (Lipinski definition) is 8. The summed E-state index contributed by atoms with van der Waals surface area (Å²) in [6, 6.07) is -0.806. The number of fused-ring (bicyclic) bond motifs is 1. The van der Waals surface area contributed by atoms with Gasteiger partial charge >= 0.3 is 5.97 Å². The summed E-state index contributed by atoms with van der Waals surface area (Å²) >= 11 is 21.7. The van der Waals surface area contributed by atoms with Crippen LogP contribution in [0, 0.1) is 0 Å². The van der Waals surface area contributed by atoms with Gasteiger partial charge in [-0.05, 0) is 16.8 Å². The van der Waals surface area contributed by atoms with Crippen molar-refractivity contribution >= 4 is 80.3 Å². The van der Waals surface area contributed by atoms with Crippen molar-refractivity contribution in [3.05, 3.63) is 6.33 Å². The fourth-order valence-electron chi connectivity index (χ4n) is 3.32. The quantitative estimate of drug-likeness (QED) is 0.302. The van der Waals surface area contributed by atoms with Gasteiger partial charge in [-0.1, -0.05) is 57.7 Å². The van der Waals surface area contributed by atoms with E-state index in [4.69, 9.17) is 39.5 Å². The van der Waals surface area contributed by atoms with Crippen molar-refractivity contribution in [3.63, 3.8) is 0 Å². The number of hydrogen-bond donors (Lipinski definition) is 1. The average Bonchev–Trinajstić information content (AvgIpc) is 3.25. The molecule has 0 spiro atoms. The number of aromatic nitrogens is 4. The number of amides is 2. The number of nitrogens with zero attached hydrogens (tertiary/aromatic N) is 5. The van der Waals surface area contributed by atoms with Gasteiger partial charge in [0.25, 0.3) is 5.91 Å². The molecule has 3 unspecified atom stereocenters. The molecule has 1 aromatic heterocycles. The first kappa shape index (κ1) is 22.9. The van der Waals surface area contributed by atoms with Gasteiger partial charge in [-0.2, -0.15) is 0 Å². The van der Waals surface area contributed by atoms with Gasteiger partial charge in [-0.25, -0.2) is 9.48 Å². The van der Waals surface area contributed by atoms with Gasteiger partial charge in [0.1, 0.15) is 30.9 Å². The summed E-state index contributed by atoms with van der Waals surface area (Å²) in [6.07, 6.45) is 1.65. The van der Waals surface area contributed by atoms with Crippen LogP contribution in [0.25, 0.3) is 0 Å². The van der Waals surface area contributed by atoms with E-state index < -0.39 is 39.2 Å². The maximum atomic E-state index is 13.1. The van der Waals surface area contributed by atoms with Crippen molar-refractivity contribution in [2.45, 2.75) is 45.5 Å². The van der Waals surface area contributed by atoms with E-state index in [0.29, 0.717) is 12.2 Å². The molecule has 3 heterocycles. The summed E-state index contributed by atoms with van der Waals surface area (Å²) in [5, 5.41) is 13.0. The molecule has 160 valence electrons. The normalized spacial score (nSPS) is 27.2. The molecule has 2 amide bonds. The minimum atomic E-state index is -1.74. The number of rotatable bonds is 7. The summed E-state index contributed by atoms with van der Waals surface area (Å²) in [7, 11) is 0. The minimum Gasteiger partial charge on any atom is -0.460 e. The van der Waals surface area contributed by atoms with Crippen LogP contribution in [-0.2, 0) is 25.7 Å². The summed E-state index contributed by atoms with van der Waals surface area (Å²) in [4.78, 5) is 39.3. The maximum Gasteiger partial charge on any atom is 0.329 e. The third-order valence-electron chi connectivity index (χ3n) is 4.35. The fourth-order valence-corrected chi connectivity index (χ4v) is 5.60. The number of tetrazole rings is 1. The van der Waals surface area contributed by atoms with Crippen molar-refractivity contribution in [2.75, 3.05) is 12.4 Å². The van der Waals surface area contributed by atoms with Crippen LogP contribution in [0.1, 0.15) is 13.3 Å². The zero-order valence-corrected chi connectivity index (χ0v) is 19.6. The molecule has 2 fully saturated rings. The van der Waals surface area contributed by atoms with Crippen LogP contribution in [0.3, 0.4) is 0 Å². The van der Waals surface area contributed by atoms with Crippen LogP contribution in [0.5, 0.6) is 0 Å². The van der Waals surface area contributed by atoms with Gasteiger partial charge in [-0.3, -0.25) is 9.59 Å². The minimum absolute atomic E-state index is 0.0575. The second-order valence-electron chi connectivity index (χ2n) is 6.65. The lowest BCUT2D eigenvalue weighted by molar-refractivity contribution is -0.170. The summed E-state index contributed by atoms with van der Waals surface area (Å²) in [5.74, 6) is -1.11. The lowest BCUT2D eigenvalue weighted by atomic mass is 9.82. The Labute approximate surface area is 193 Å². The number of thioether (sulfide) groups is 1. The number of alkyl halides is 4. The Hall–Kier alpha value is -0.820. The molecule has 10 nitrogen and oxygen atoms in total. The first-order valence-electron chi connectivity index (χ1n) is 8.37. The molecule has 0 saturated carbocycles. The Bertz CT molecular complexity index is 795. The summed E-state index contributed by atoms with van der Waals surface area (Å²) < 4.78 is 4.54. The van der Waals surface area contributed by atoms with Crippen molar-refractivity contribution in [3.8, 4) is 0 Å².